The largest absolute Gasteiger partial charge is 0.379 e. The van der Waals surface area contributed by atoms with Crippen LogP contribution < -0.4 is 0 Å². The van der Waals surface area contributed by atoms with Crippen LogP contribution in [0, 0.1) is 10.1 Å². The summed E-state index contributed by atoms with van der Waals surface area (Å²) in [6.07, 6.45) is 1.86. The van der Waals surface area contributed by atoms with Crippen LogP contribution in [0.4, 0.5) is 5.69 Å². The van der Waals surface area contributed by atoms with Crippen molar-refractivity contribution in [3.05, 3.63) is 32.9 Å². The number of fused-ring (bicyclic) bond motifs is 1. The van der Waals surface area contributed by atoms with Gasteiger partial charge < -0.3 is 4.74 Å². The lowest BCUT2D eigenvalue weighted by Gasteiger charge is -2.26. The number of benzene rings is 1. The molecule has 0 amide bonds. The molecule has 112 valence electrons. The first-order valence-corrected chi connectivity index (χ1v) is 7.54. The molecular formula is C13H15BrN4O3. The van der Waals surface area contributed by atoms with Crippen LogP contribution >= 0.6 is 15.9 Å². The van der Waals surface area contributed by atoms with Gasteiger partial charge in [0.25, 0.3) is 5.69 Å². The van der Waals surface area contributed by atoms with Gasteiger partial charge in [0.2, 0.25) is 0 Å². The summed E-state index contributed by atoms with van der Waals surface area (Å²) in [6, 6.07) is 3.25. The number of hydrogen-bond donors (Lipinski definition) is 0. The molecule has 1 aromatic carbocycles. The van der Waals surface area contributed by atoms with Crippen molar-refractivity contribution in [2.24, 2.45) is 0 Å². The van der Waals surface area contributed by atoms with Gasteiger partial charge in [-0.2, -0.15) is 5.10 Å². The number of morpholine rings is 1. The minimum atomic E-state index is -0.394. The monoisotopic (exact) mass is 354 g/mol. The maximum Gasteiger partial charge on any atom is 0.284 e. The molecule has 2 heterocycles. The molecule has 1 aliphatic rings. The third-order valence-electron chi connectivity index (χ3n) is 3.57. The van der Waals surface area contributed by atoms with E-state index in [0.717, 1.165) is 50.3 Å². The van der Waals surface area contributed by atoms with Gasteiger partial charge in [-0.05, 0) is 22.0 Å². The van der Waals surface area contributed by atoms with Crippen LogP contribution in [0.1, 0.15) is 0 Å². The molecule has 3 rings (SSSR count). The van der Waals surface area contributed by atoms with Crippen molar-refractivity contribution in [3.63, 3.8) is 0 Å². The Morgan fingerprint density at radius 1 is 1.33 bits per heavy atom. The zero-order valence-electron chi connectivity index (χ0n) is 11.4. The zero-order valence-corrected chi connectivity index (χ0v) is 13.0. The van der Waals surface area contributed by atoms with Crippen molar-refractivity contribution in [1.82, 2.24) is 14.7 Å². The summed E-state index contributed by atoms with van der Waals surface area (Å²) >= 11 is 3.22. The first kappa shape index (κ1) is 14.4. The molecule has 1 aromatic heterocycles. The summed E-state index contributed by atoms with van der Waals surface area (Å²) in [5, 5.41) is 16.2. The zero-order chi connectivity index (χ0) is 14.8. The number of hydrogen-bond acceptors (Lipinski definition) is 5. The number of nitro groups is 1. The van der Waals surface area contributed by atoms with E-state index in [1.165, 1.54) is 0 Å². The molecular weight excluding hydrogens is 340 g/mol. The molecule has 0 aliphatic carbocycles. The van der Waals surface area contributed by atoms with Crippen LogP contribution in [-0.2, 0) is 11.3 Å². The van der Waals surface area contributed by atoms with Crippen molar-refractivity contribution < 1.29 is 9.66 Å². The average Bonchev–Trinajstić information content (AvgIpc) is 2.87. The van der Waals surface area contributed by atoms with E-state index in [2.05, 4.69) is 25.9 Å². The molecule has 1 saturated heterocycles. The van der Waals surface area contributed by atoms with E-state index in [1.807, 2.05) is 10.9 Å². The summed E-state index contributed by atoms with van der Waals surface area (Å²) in [7, 11) is 0. The number of ether oxygens (including phenoxy) is 1. The maximum atomic E-state index is 10.9. The number of aromatic nitrogens is 2. The summed E-state index contributed by atoms with van der Waals surface area (Å²) in [4.78, 5) is 12.9. The topological polar surface area (TPSA) is 73.4 Å². The molecule has 1 fully saturated rings. The Bertz CT molecular complexity index is 667. The fourth-order valence-corrected chi connectivity index (χ4v) is 2.88. The van der Waals surface area contributed by atoms with Crippen LogP contribution in [0.25, 0.3) is 10.9 Å². The smallest absolute Gasteiger partial charge is 0.284 e. The van der Waals surface area contributed by atoms with Crippen LogP contribution in [0.15, 0.2) is 22.8 Å². The summed E-state index contributed by atoms with van der Waals surface area (Å²) in [5.41, 5.74) is 0.824. The molecule has 0 spiro atoms. The Morgan fingerprint density at radius 2 is 2.10 bits per heavy atom. The molecule has 0 unspecified atom stereocenters. The van der Waals surface area contributed by atoms with Gasteiger partial charge in [-0.1, -0.05) is 0 Å². The molecule has 0 bridgehead atoms. The summed E-state index contributed by atoms with van der Waals surface area (Å²) in [6.45, 7) is 5.11. The van der Waals surface area contributed by atoms with Gasteiger partial charge in [0.05, 0.1) is 34.7 Å². The van der Waals surface area contributed by atoms with E-state index in [4.69, 9.17) is 4.74 Å². The lowest BCUT2D eigenvalue weighted by Crippen LogP contribution is -2.38. The normalized spacial score (nSPS) is 16.4. The Hall–Kier alpha value is -1.51. The second-order valence-electron chi connectivity index (χ2n) is 4.97. The predicted molar refractivity (Wildman–Crippen MR) is 81.3 cm³/mol. The van der Waals surface area contributed by atoms with Gasteiger partial charge in [0.15, 0.2) is 0 Å². The second kappa shape index (κ2) is 6.08. The molecule has 2 aromatic rings. The summed E-state index contributed by atoms with van der Waals surface area (Å²) in [5.74, 6) is 0. The molecule has 0 saturated carbocycles. The average molecular weight is 355 g/mol. The lowest BCUT2D eigenvalue weighted by molar-refractivity contribution is -0.385. The van der Waals surface area contributed by atoms with Crippen LogP contribution in [0.2, 0.25) is 0 Å². The maximum absolute atomic E-state index is 10.9. The van der Waals surface area contributed by atoms with E-state index in [9.17, 15) is 10.1 Å². The third-order valence-corrected chi connectivity index (χ3v) is 4.20. The number of nitro benzene ring substituents is 1. The van der Waals surface area contributed by atoms with E-state index in [-0.39, 0.29) is 5.69 Å². The highest BCUT2D eigenvalue weighted by molar-refractivity contribution is 9.10. The van der Waals surface area contributed by atoms with Gasteiger partial charge in [0, 0.05) is 37.3 Å². The first-order chi connectivity index (χ1) is 10.1. The second-order valence-corrected chi connectivity index (χ2v) is 5.82. The Morgan fingerprint density at radius 3 is 2.81 bits per heavy atom. The van der Waals surface area contributed by atoms with Crippen molar-refractivity contribution in [2.45, 2.75) is 6.54 Å². The third kappa shape index (κ3) is 3.22. The van der Waals surface area contributed by atoms with E-state index in [0.29, 0.717) is 4.47 Å². The van der Waals surface area contributed by atoms with Crippen LogP contribution in [0.5, 0.6) is 0 Å². The number of nitrogens with zero attached hydrogens (tertiary/aromatic N) is 4. The van der Waals surface area contributed by atoms with Gasteiger partial charge in [0.1, 0.15) is 0 Å². The lowest BCUT2D eigenvalue weighted by atomic mass is 10.2. The van der Waals surface area contributed by atoms with E-state index >= 15 is 0 Å². The van der Waals surface area contributed by atoms with Crippen LogP contribution in [-0.4, -0.2) is 52.5 Å². The standard InChI is InChI=1S/C13H15BrN4O3/c14-11-8-12-10(7-13(11)18(19)20)9-17(15-12)2-1-16-3-5-21-6-4-16/h7-9H,1-6H2. The van der Waals surface area contributed by atoms with Gasteiger partial charge in [-0.25, -0.2) is 0 Å². The molecule has 1 aliphatic heterocycles. The Balaban J connectivity index is 1.75. The number of rotatable bonds is 4. The van der Waals surface area contributed by atoms with Crippen molar-refractivity contribution in [1.29, 1.82) is 0 Å². The fraction of sp³-hybridized carbons (Fsp3) is 0.462. The molecule has 7 nitrogen and oxygen atoms in total. The molecule has 21 heavy (non-hydrogen) atoms. The minimum absolute atomic E-state index is 0.0650. The van der Waals surface area contributed by atoms with E-state index < -0.39 is 4.92 Å². The number of halogens is 1. The molecule has 0 radical (unpaired) electrons. The molecule has 0 N–H and O–H groups in total. The molecule has 0 atom stereocenters. The van der Waals surface area contributed by atoms with Crippen molar-refractivity contribution in [2.75, 3.05) is 32.8 Å². The van der Waals surface area contributed by atoms with Crippen LogP contribution in [0.3, 0.4) is 0 Å². The fourth-order valence-electron chi connectivity index (χ4n) is 2.41. The Labute approximate surface area is 129 Å². The first-order valence-electron chi connectivity index (χ1n) is 6.75. The quantitative estimate of drug-likeness (QED) is 0.620. The summed E-state index contributed by atoms with van der Waals surface area (Å²) < 4.78 is 7.62. The minimum Gasteiger partial charge on any atom is -0.379 e. The molecule has 8 heteroatoms. The highest BCUT2D eigenvalue weighted by Crippen LogP contribution is 2.29. The van der Waals surface area contributed by atoms with Gasteiger partial charge in [-0.3, -0.25) is 19.7 Å². The van der Waals surface area contributed by atoms with Gasteiger partial charge in [-0.15, -0.1) is 0 Å². The van der Waals surface area contributed by atoms with Gasteiger partial charge >= 0.3 is 0 Å². The Kier molecular flexibility index (Phi) is 4.18. The van der Waals surface area contributed by atoms with E-state index in [1.54, 1.807) is 12.1 Å². The predicted octanol–water partition coefficient (Wildman–Crippen LogP) is 2.04. The van der Waals surface area contributed by atoms with Crippen molar-refractivity contribution >= 4 is 32.5 Å². The SMILES string of the molecule is O=[N+]([O-])c1cc2cn(CCN3CCOCC3)nc2cc1Br. The highest BCUT2D eigenvalue weighted by Gasteiger charge is 2.15. The van der Waals surface area contributed by atoms with Crippen molar-refractivity contribution in [3.8, 4) is 0 Å². The highest BCUT2D eigenvalue weighted by atomic mass is 79.9.